The maximum Gasteiger partial charge on any atom is 0.419 e. The molecule has 0 unspecified atom stereocenters. The molecule has 0 fully saturated rings. The average molecular weight is 231 g/mol. The van der Waals surface area contributed by atoms with Gasteiger partial charge in [-0.25, -0.2) is 4.79 Å². The lowest BCUT2D eigenvalue weighted by Gasteiger charge is -2.01. The monoisotopic (exact) mass is 231 g/mol. The molecule has 2 aromatic rings. The van der Waals surface area contributed by atoms with Crippen LogP contribution in [0.25, 0.3) is 11.1 Å². The smallest absolute Gasteiger partial charge is 0.408 e. The summed E-state index contributed by atoms with van der Waals surface area (Å²) in [5, 5.41) is 10.7. The molecule has 1 aromatic heterocycles. The van der Waals surface area contributed by atoms with Crippen molar-refractivity contribution >= 4 is 17.0 Å². The normalized spacial score (nSPS) is 10.1. The number of amides is 1. The van der Waals surface area contributed by atoms with Crippen LogP contribution in [-0.4, -0.2) is 10.5 Å². The second kappa shape index (κ2) is 4.14. The molecular formula is C11H9N3O3. The number of aromatic nitrogens is 1. The van der Waals surface area contributed by atoms with Crippen LogP contribution in [-0.2, 0) is 18.4 Å². The van der Waals surface area contributed by atoms with Crippen LogP contribution in [0, 0.1) is 11.3 Å². The van der Waals surface area contributed by atoms with E-state index in [4.69, 9.17) is 9.68 Å². The van der Waals surface area contributed by atoms with E-state index in [9.17, 15) is 9.59 Å². The van der Waals surface area contributed by atoms with Crippen LogP contribution >= 0.6 is 0 Å². The molecule has 0 spiro atoms. The van der Waals surface area contributed by atoms with Crippen LogP contribution in [0.1, 0.15) is 5.56 Å². The number of hydrogen-bond acceptors (Lipinski definition) is 4. The van der Waals surface area contributed by atoms with Gasteiger partial charge in [-0.15, -0.1) is 0 Å². The summed E-state index contributed by atoms with van der Waals surface area (Å²) in [6.45, 7) is 0.238. The highest BCUT2D eigenvalue weighted by atomic mass is 16.4. The zero-order valence-electron chi connectivity index (χ0n) is 9.06. The van der Waals surface area contributed by atoms with Crippen LogP contribution in [0.15, 0.2) is 27.4 Å². The standard InChI is InChI=1S/C11H9N3O3/c1-14-8-4-7(6-13-10(15)5-12)2-3-9(8)17-11(14)16/h2-4H,6H2,1H3,(H,13,15). The first-order valence-corrected chi connectivity index (χ1v) is 4.88. The molecule has 17 heavy (non-hydrogen) atoms. The Bertz CT molecular complexity index is 675. The molecule has 86 valence electrons. The number of nitrogens with zero attached hydrogens (tertiary/aromatic N) is 2. The Morgan fingerprint density at radius 1 is 1.59 bits per heavy atom. The molecule has 0 saturated carbocycles. The number of carbonyl (C=O) groups is 1. The second-order valence-corrected chi connectivity index (χ2v) is 3.52. The molecule has 0 bridgehead atoms. The van der Waals surface area contributed by atoms with Gasteiger partial charge in [0.1, 0.15) is 0 Å². The zero-order valence-corrected chi connectivity index (χ0v) is 9.06. The summed E-state index contributed by atoms with van der Waals surface area (Å²) < 4.78 is 6.35. The molecule has 0 aliphatic rings. The van der Waals surface area contributed by atoms with E-state index in [2.05, 4.69) is 5.32 Å². The summed E-state index contributed by atoms with van der Waals surface area (Å²) in [4.78, 5) is 22.0. The average Bonchev–Trinajstić information content (AvgIpc) is 2.62. The maximum absolute atomic E-state index is 11.2. The largest absolute Gasteiger partial charge is 0.419 e. The van der Waals surface area contributed by atoms with Crippen LogP contribution in [0.2, 0.25) is 0 Å². The van der Waals surface area contributed by atoms with Crippen LogP contribution in [0.4, 0.5) is 0 Å². The SMILES string of the molecule is Cn1c(=O)oc2ccc(CNC(=O)C#N)cc21. The topological polar surface area (TPSA) is 88.0 Å². The summed E-state index contributed by atoms with van der Waals surface area (Å²) in [5.74, 6) is -1.12. The Hall–Kier alpha value is -2.55. The molecule has 0 aliphatic heterocycles. The Balaban J connectivity index is 2.32. The van der Waals surface area contributed by atoms with Gasteiger partial charge in [0.2, 0.25) is 0 Å². The first-order valence-electron chi connectivity index (χ1n) is 4.88. The lowest BCUT2D eigenvalue weighted by molar-refractivity contribution is -0.116. The summed E-state index contributed by atoms with van der Waals surface area (Å²) in [6.07, 6.45) is 0. The second-order valence-electron chi connectivity index (χ2n) is 3.52. The van der Waals surface area contributed by atoms with Crippen molar-refractivity contribution in [3.8, 4) is 6.07 Å². The molecule has 6 nitrogen and oxygen atoms in total. The van der Waals surface area contributed by atoms with Gasteiger partial charge >= 0.3 is 11.7 Å². The maximum atomic E-state index is 11.2. The molecule has 6 heteroatoms. The van der Waals surface area contributed by atoms with Crippen molar-refractivity contribution < 1.29 is 9.21 Å². The lowest BCUT2D eigenvalue weighted by Crippen LogP contribution is -2.20. The van der Waals surface area contributed by atoms with Crippen LogP contribution < -0.4 is 11.1 Å². The third-order valence-electron chi connectivity index (χ3n) is 2.41. The highest BCUT2D eigenvalue weighted by Crippen LogP contribution is 2.13. The number of oxazole rings is 1. The van der Waals surface area contributed by atoms with Crippen LogP contribution in [0.3, 0.4) is 0 Å². The van der Waals surface area contributed by atoms with E-state index >= 15 is 0 Å². The van der Waals surface area contributed by atoms with Gasteiger partial charge < -0.3 is 9.73 Å². The Morgan fingerprint density at radius 2 is 2.35 bits per heavy atom. The van der Waals surface area contributed by atoms with E-state index < -0.39 is 11.7 Å². The predicted octanol–water partition coefficient (Wildman–Crippen LogP) is 0.271. The Kier molecular flexibility index (Phi) is 2.66. The number of benzene rings is 1. The van der Waals surface area contributed by atoms with E-state index in [1.807, 2.05) is 0 Å². The summed E-state index contributed by atoms with van der Waals surface area (Å²) in [7, 11) is 1.60. The molecule has 1 N–H and O–H groups in total. The van der Waals surface area contributed by atoms with Gasteiger partial charge in [-0.1, -0.05) is 6.07 Å². The first-order chi connectivity index (χ1) is 8.11. The number of carbonyl (C=O) groups excluding carboxylic acids is 1. The molecule has 0 aliphatic carbocycles. The predicted molar refractivity (Wildman–Crippen MR) is 58.9 cm³/mol. The van der Waals surface area contributed by atoms with Gasteiger partial charge in [-0.2, -0.15) is 5.26 Å². The number of nitriles is 1. The molecule has 0 saturated heterocycles. The fourth-order valence-electron chi connectivity index (χ4n) is 1.50. The van der Waals surface area contributed by atoms with E-state index in [-0.39, 0.29) is 6.54 Å². The molecule has 0 atom stereocenters. The number of fused-ring (bicyclic) bond motifs is 1. The minimum absolute atomic E-state index is 0.238. The zero-order chi connectivity index (χ0) is 12.4. The van der Waals surface area contributed by atoms with E-state index in [1.54, 1.807) is 25.2 Å². The fourth-order valence-corrected chi connectivity index (χ4v) is 1.50. The van der Waals surface area contributed by atoms with Gasteiger partial charge in [0.25, 0.3) is 0 Å². The number of nitrogens with one attached hydrogen (secondary N) is 1. The minimum Gasteiger partial charge on any atom is -0.408 e. The van der Waals surface area contributed by atoms with Gasteiger partial charge in [0.05, 0.1) is 5.52 Å². The van der Waals surface area contributed by atoms with Crippen molar-refractivity contribution in [2.45, 2.75) is 6.54 Å². The molecule has 1 aromatic carbocycles. The van der Waals surface area contributed by atoms with Crippen molar-refractivity contribution in [3.05, 3.63) is 34.3 Å². The van der Waals surface area contributed by atoms with Gasteiger partial charge in [0.15, 0.2) is 11.7 Å². The third-order valence-corrected chi connectivity index (χ3v) is 2.41. The van der Waals surface area contributed by atoms with Crippen molar-refractivity contribution in [1.82, 2.24) is 9.88 Å². The van der Waals surface area contributed by atoms with E-state index in [0.29, 0.717) is 11.1 Å². The van der Waals surface area contributed by atoms with Crippen molar-refractivity contribution in [2.75, 3.05) is 0 Å². The summed E-state index contributed by atoms with van der Waals surface area (Å²) in [5.41, 5.74) is 1.93. The number of aryl methyl sites for hydroxylation is 1. The quantitative estimate of drug-likeness (QED) is 0.751. The van der Waals surface area contributed by atoms with Gasteiger partial charge in [0, 0.05) is 13.6 Å². The first kappa shape index (κ1) is 11.0. The van der Waals surface area contributed by atoms with Gasteiger partial charge in [-0.3, -0.25) is 9.36 Å². The number of rotatable bonds is 2. The van der Waals surface area contributed by atoms with E-state index in [1.165, 1.54) is 10.6 Å². The third kappa shape index (κ3) is 2.03. The van der Waals surface area contributed by atoms with Crippen molar-refractivity contribution in [2.24, 2.45) is 7.05 Å². The molecule has 2 rings (SSSR count). The fraction of sp³-hybridized carbons (Fsp3) is 0.182. The Labute approximate surface area is 96.1 Å². The molecule has 0 radical (unpaired) electrons. The lowest BCUT2D eigenvalue weighted by atomic mass is 10.2. The summed E-state index contributed by atoms with van der Waals surface area (Å²) in [6, 6.07) is 6.58. The molecule has 1 heterocycles. The summed E-state index contributed by atoms with van der Waals surface area (Å²) >= 11 is 0. The highest BCUT2D eigenvalue weighted by Gasteiger charge is 2.06. The molecular weight excluding hydrogens is 222 g/mol. The molecule has 1 amide bonds. The number of hydrogen-bond donors (Lipinski definition) is 1. The van der Waals surface area contributed by atoms with E-state index in [0.717, 1.165) is 5.56 Å². The van der Waals surface area contributed by atoms with Crippen molar-refractivity contribution in [1.29, 1.82) is 5.26 Å². The minimum atomic E-state index is -0.689. The van der Waals surface area contributed by atoms with Crippen LogP contribution in [0.5, 0.6) is 0 Å². The van der Waals surface area contributed by atoms with Crippen molar-refractivity contribution in [3.63, 3.8) is 0 Å². The van der Waals surface area contributed by atoms with Gasteiger partial charge in [-0.05, 0) is 17.7 Å². The highest BCUT2D eigenvalue weighted by molar-refractivity contribution is 5.91. The Morgan fingerprint density at radius 3 is 3.06 bits per heavy atom.